The van der Waals surface area contributed by atoms with Crippen molar-refractivity contribution >= 4 is 29.0 Å². The number of alkyl halides is 6. The van der Waals surface area contributed by atoms with Crippen LogP contribution in [0.3, 0.4) is 0 Å². The lowest BCUT2D eigenvalue weighted by atomic mass is 10.2. The number of carbonyl (C=O) groups is 1. The van der Waals surface area contributed by atoms with E-state index in [0.29, 0.717) is 12.3 Å². The van der Waals surface area contributed by atoms with Crippen LogP contribution in [0, 0.1) is 0 Å². The molecule has 0 saturated carbocycles. The summed E-state index contributed by atoms with van der Waals surface area (Å²) in [7, 11) is 0. The van der Waals surface area contributed by atoms with Gasteiger partial charge in [0, 0.05) is 6.20 Å². The zero-order chi connectivity index (χ0) is 16.0. The van der Waals surface area contributed by atoms with Gasteiger partial charge in [-0.3, -0.25) is 4.79 Å². The number of carbonyl (C=O) groups excluding carboxylic acids is 1. The van der Waals surface area contributed by atoms with Gasteiger partial charge in [-0.15, -0.1) is 0 Å². The van der Waals surface area contributed by atoms with Crippen LogP contribution < -0.4 is 5.01 Å². The quantitative estimate of drug-likeness (QED) is 0.740. The van der Waals surface area contributed by atoms with E-state index in [-0.39, 0.29) is 5.01 Å². The van der Waals surface area contributed by atoms with E-state index in [9.17, 15) is 31.1 Å². The number of hydrogen-bond donors (Lipinski definition) is 0. The Balaban J connectivity index is 2.39. The van der Waals surface area contributed by atoms with Crippen LogP contribution in [0.15, 0.2) is 17.4 Å². The number of halogens is 7. The molecule has 0 N–H and O–H groups in total. The summed E-state index contributed by atoms with van der Waals surface area (Å²) in [5.41, 5.74) is -2.56. The molecular weight excluding hydrogens is 328 g/mol. The topological polar surface area (TPSA) is 45.6 Å². The molecule has 0 bridgehead atoms. The summed E-state index contributed by atoms with van der Waals surface area (Å²) >= 11 is 5.54. The highest BCUT2D eigenvalue weighted by Gasteiger charge is 2.43. The van der Waals surface area contributed by atoms with E-state index in [1.807, 2.05) is 0 Å². The van der Waals surface area contributed by atoms with Gasteiger partial charge in [-0.2, -0.15) is 36.5 Å². The Hall–Kier alpha value is -1.84. The van der Waals surface area contributed by atoms with Crippen molar-refractivity contribution in [3.05, 3.63) is 22.8 Å². The third-order valence-corrected chi connectivity index (χ3v) is 2.73. The van der Waals surface area contributed by atoms with Crippen molar-refractivity contribution in [2.75, 3.05) is 5.01 Å². The van der Waals surface area contributed by atoms with Crippen molar-refractivity contribution in [2.45, 2.75) is 18.8 Å². The van der Waals surface area contributed by atoms with Gasteiger partial charge in [-0.05, 0) is 6.07 Å². The van der Waals surface area contributed by atoms with Crippen LogP contribution in [0.25, 0.3) is 0 Å². The van der Waals surface area contributed by atoms with Gasteiger partial charge >= 0.3 is 12.4 Å². The Bertz CT molecular complexity index is 624. The molecule has 11 heteroatoms. The fourth-order valence-corrected chi connectivity index (χ4v) is 1.74. The highest BCUT2D eigenvalue weighted by Crippen LogP contribution is 2.35. The van der Waals surface area contributed by atoms with Crippen molar-refractivity contribution < 1.29 is 31.1 Å². The average molecular weight is 332 g/mol. The van der Waals surface area contributed by atoms with Gasteiger partial charge < -0.3 is 0 Å². The van der Waals surface area contributed by atoms with Gasteiger partial charge in [-0.25, -0.2) is 4.98 Å². The standard InChI is InChI=1S/C10H4ClF6N3O/c11-5-1-4(9(12,13)14)3-18-8(5)20-7(21)2-6(19-20)10(15,16)17/h1,3H,2H2. The minimum Gasteiger partial charge on any atom is -0.272 e. The van der Waals surface area contributed by atoms with Crippen molar-refractivity contribution in [1.82, 2.24) is 4.98 Å². The molecule has 2 rings (SSSR count). The molecule has 21 heavy (non-hydrogen) atoms. The fraction of sp³-hybridized carbons (Fsp3) is 0.300. The third-order valence-electron chi connectivity index (χ3n) is 2.45. The number of hydrazone groups is 1. The number of pyridine rings is 1. The first-order valence-corrected chi connectivity index (χ1v) is 5.58. The number of hydrogen-bond acceptors (Lipinski definition) is 3. The van der Waals surface area contributed by atoms with Crippen LogP contribution in [0.5, 0.6) is 0 Å². The lowest BCUT2D eigenvalue weighted by Gasteiger charge is -2.14. The molecule has 0 aliphatic carbocycles. The van der Waals surface area contributed by atoms with Gasteiger partial charge in [0.05, 0.1) is 17.0 Å². The number of nitrogens with zero attached hydrogens (tertiary/aromatic N) is 3. The smallest absolute Gasteiger partial charge is 0.272 e. The van der Waals surface area contributed by atoms with E-state index in [0.717, 1.165) is 0 Å². The first-order valence-electron chi connectivity index (χ1n) is 5.20. The van der Waals surface area contributed by atoms with E-state index in [2.05, 4.69) is 10.1 Å². The largest absolute Gasteiger partial charge is 0.431 e. The molecule has 2 heterocycles. The maximum absolute atomic E-state index is 12.4. The second kappa shape index (κ2) is 4.86. The molecule has 0 saturated heterocycles. The summed E-state index contributed by atoms with van der Waals surface area (Å²) in [6.45, 7) is 0. The average Bonchev–Trinajstić information content (AvgIpc) is 2.70. The van der Waals surface area contributed by atoms with E-state index >= 15 is 0 Å². The third kappa shape index (κ3) is 3.09. The molecule has 0 atom stereocenters. The first-order chi connectivity index (χ1) is 9.50. The molecule has 114 valence electrons. The van der Waals surface area contributed by atoms with Crippen LogP contribution in [0.2, 0.25) is 5.02 Å². The SMILES string of the molecule is O=C1CC(C(F)(F)F)=NN1c1ncc(C(F)(F)F)cc1Cl. The Morgan fingerprint density at radius 2 is 1.76 bits per heavy atom. The van der Waals surface area contributed by atoms with Gasteiger partial charge in [0.15, 0.2) is 11.5 Å². The normalized spacial score (nSPS) is 16.4. The highest BCUT2D eigenvalue weighted by atomic mass is 35.5. The molecule has 0 aromatic carbocycles. The summed E-state index contributed by atoms with van der Waals surface area (Å²) in [5.74, 6) is -1.68. The number of amides is 1. The monoisotopic (exact) mass is 331 g/mol. The second-order valence-corrected chi connectivity index (χ2v) is 4.36. The van der Waals surface area contributed by atoms with Crippen LogP contribution in [0.4, 0.5) is 32.2 Å². The Labute approximate surface area is 118 Å². The van der Waals surface area contributed by atoms with Crippen molar-refractivity contribution in [3.8, 4) is 0 Å². The molecule has 0 unspecified atom stereocenters. The molecule has 0 spiro atoms. The zero-order valence-corrected chi connectivity index (χ0v) is 10.5. The minimum atomic E-state index is -4.82. The Morgan fingerprint density at radius 3 is 2.19 bits per heavy atom. The summed E-state index contributed by atoms with van der Waals surface area (Å²) in [6.07, 6.45) is -10.2. The summed E-state index contributed by atoms with van der Waals surface area (Å²) in [4.78, 5) is 14.7. The maximum Gasteiger partial charge on any atom is 0.431 e. The van der Waals surface area contributed by atoms with E-state index < -0.39 is 46.8 Å². The van der Waals surface area contributed by atoms with Crippen molar-refractivity contribution in [3.63, 3.8) is 0 Å². The maximum atomic E-state index is 12.4. The lowest BCUT2D eigenvalue weighted by molar-refractivity contribution is -0.137. The Morgan fingerprint density at radius 1 is 1.14 bits per heavy atom. The van der Waals surface area contributed by atoms with E-state index in [1.54, 1.807) is 0 Å². The molecule has 0 radical (unpaired) electrons. The Kier molecular flexibility index (Phi) is 3.60. The number of rotatable bonds is 1. The van der Waals surface area contributed by atoms with Crippen LogP contribution in [-0.4, -0.2) is 22.8 Å². The molecular formula is C10H4ClF6N3O. The summed E-state index contributed by atoms with van der Waals surface area (Å²) in [6, 6.07) is 0.457. The molecule has 0 fully saturated rings. The molecule has 4 nitrogen and oxygen atoms in total. The second-order valence-electron chi connectivity index (χ2n) is 3.95. The first kappa shape index (κ1) is 15.5. The van der Waals surface area contributed by atoms with Crippen LogP contribution in [-0.2, 0) is 11.0 Å². The molecule has 1 aliphatic rings. The summed E-state index contributed by atoms with van der Waals surface area (Å²) in [5, 5.41) is 2.62. The summed E-state index contributed by atoms with van der Waals surface area (Å²) < 4.78 is 74.5. The number of aromatic nitrogens is 1. The van der Waals surface area contributed by atoms with Crippen LogP contribution >= 0.6 is 11.6 Å². The van der Waals surface area contributed by atoms with Gasteiger partial charge in [-0.1, -0.05) is 11.6 Å². The number of anilines is 1. The molecule has 1 aliphatic heterocycles. The van der Waals surface area contributed by atoms with Crippen molar-refractivity contribution in [1.29, 1.82) is 0 Å². The highest BCUT2D eigenvalue weighted by molar-refractivity contribution is 6.34. The molecule has 1 aromatic heterocycles. The minimum absolute atomic E-state index is 0.241. The van der Waals surface area contributed by atoms with Gasteiger partial charge in [0.25, 0.3) is 5.91 Å². The van der Waals surface area contributed by atoms with Crippen molar-refractivity contribution in [2.24, 2.45) is 5.10 Å². The fourth-order valence-electron chi connectivity index (χ4n) is 1.49. The lowest BCUT2D eigenvalue weighted by Crippen LogP contribution is -2.22. The zero-order valence-electron chi connectivity index (χ0n) is 9.76. The molecule has 1 amide bonds. The van der Waals surface area contributed by atoms with Gasteiger partial charge in [0.1, 0.15) is 0 Å². The van der Waals surface area contributed by atoms with Gasteiger partial charge in [0.2, 0.25) is 0 Å². The predicted molar refractivity (Wildman–Crippen MR) is 59.8 cm³/mol. The molecule has 1 aromatic rings. The van der Waals surface area contributed by atoms with E-state index in [1.165, 1.54) is 0 Å². The van der Waals surface area contributed by atoms with E-state index in [4.69, 9.17) is 11.6 Å². The van der Waals surface area contributed by atoms with Crippen LogP contribution in [0.1, 0.15) is 12.0 Å². The predicted octanol–water partition coefficient (Wildman–Crippen LogP) is 3.41.